The summed E-state index contributed by atoms with van der Waals surface area (Å²) in [6.45, 7) is 5.50. The van der Waals surface area contributed by atoms with E-state index in [4.69, 9.17) is 5.26 Å². The van der Waals surface area contributed by atoms with Crippen LogP contribution < -0.4 is 4.72 Å². The molecule has 1 aromatic carbocycles. The lowest BCUT2D eigenvalue weighted by Crippen LogP contribution is -2.26. The van der Waals surface area contributed by atoms with Gasteiger partial charge in [0.05, 0.1) is 11.8 Å². The Kier molecular flexibility index (Phi) is 4.74. The van der Waals surface area contributed by atoms with E-state index in [-0.39, 0.29) is 6.42 Å². The van der Waals surface area contributed by atoms with Crippen LogP contribution in [0, 0.1) is 18.3 Å². The number of para-hydroxylation sites is 1. The molecule has 0 aliphatic rings. The molecular formula is C13H18N2O2S. The molecular weight excluding hydrogens is 248 g/mol. The molecule has 0 spiro atoms. The zero-order chi connectivity index (χ0) is 13.8. The Bertz CT molecular complexity index is 559. The number of anilines is 1. The number of sulfonamides is 1. The van der Waals surface area contributed by atoms with Crippen molar-refractivity contribution in [3.8, 4) is 6.07 Å². The number of nitriles is 1. The summed E-state index contributed by atoms with van der Waals surface area (Å²) in [5.41, 5.74) is 2.41. The number of rotatable bonds is 5. The molecule has 1 rings (SSSR count). The summed E-state index contributed by atoms with van der Waals surface area (Å²) in [5, 5.41) is 7.85. The van der Waals surface area contributed by atoms with Gasteiger partial charge in [0.15, 0.2) is 5.25 Å². The molecule has 98 valence electrons. The Morgan fingerprint density at radius 2 is 2.06 bits per heavy atom. The minimum atomic E-state index is -3.64. The molecule has 1 N–H and O–H groups in total. The zero-order valence-corrected chi connectivity index (χ0v) is 11.7. The van der Waals surface area contributed by atoms with Gasteiger partial charge in [-0.25, -0.2) is 8.42 Å². The number of nitrogens with one attached hydrogen (secondary N) is 1. The summed E-state index contributed by atoms with van der Waals surface area (Å²) in [6, 6.07) is 7.45. The molecule has 4 nitrogen and oxygen atoms in total. The maximum absolute atomic E-state index is 12.0. The van der Waals surface area contributed by atoms with Crippen LogP contribution in [0.4, 0.5) is 5.69 Å². The predicted molar refractivity (Wildman–Crippen MR) is 72.8 cm³/mol. The van der Waals surface area contributed by atoms with Crippen LogP contribution >= 0.6 is 0 Å². The average Bonchev–Trinajstić information content (AvgIpc) is 2.32. The van der Waals surface area contributed by atoms with E-state index in [1.807, 2.05) is 38.1 Å². The normalized spacial score (nSPS) is 12.8. The van der Waals surface area contributed by atoms with Gasteiger partial charge in [0.25, 0.3) is 0 Å². The molecule has 1 atom stereocenters. The predicted octanol–water partition coefficient (Wildman–Crippen LogP) is 2.60. The van der Waals surface area contributed by atoms with E-state index < -0.39 is 15.3 Å². The van der Waals surface area contributed by atoms with Gasteiger partial charge in [-0.3, -0.25) is 4.72 Å². The molecule has 0 saturated carbocycles. The lowest BCUT2D eigenvalue weighted by Gasteiger charge is -2.16. The monoisotopic (exact) mass is 266 g/mol. The fourth-order valence-corrected chi connectivity index (χ4v) is 3.06. The van der Waals surface area contributed by atoms with Crippen LogP contribution in [0.1, 0.15) is 31.4 Å². The van der Waals surface area contributed by atoms with Crippen LogP contribution in [0.2, 0.25) is 0 Å². The first-order chi connectivity index (χ1) is 8.46. The van der Waals surface area contributed by atoms with Gasteiger partial charge in [-0.2, -0.15) is 5.26 Å². The van der Waals surface area contributed by atoms with E-state index in [1.54, 1.807) is 6.92 Å². The van der Waals surface area contributed by atoms with E-state index in [2.05, 4.69) is 4.72 Å². The van der Waals surface area contributed by atoms with Crippen LogP contribution in [0.5, 0.6) is 0 Å². The summed E-state index contributed by atoms with van der Waals surface area (Å²) >= 11 is 0. The smallest absolute Gasteiger partial charge is 0.249 e. The van der Waals surface area contributed by atoms with Crippen LogP contribution in [-0.4, -0.2) is 13.7 Å². The third kappa shape index (κ3) is 3.02. The van der Waals surface area contributed by atoms with Crippen LogP contribution in [-0.2, 0) is 16.4 Å². The highest BCUT2D eigenvalue weighted by Crippen LogP contribution is 2.23. The van der Waals surface area contributed by atoms with Crippen LogP contribution in [0.25, 0.3) is 0 Å². The minimum Gasteiger partial charge on any atom is -0.282 e. The maximum atomic E-state index is 12.0. The van der Waals surface area contributed by atoms with Crippen molar-refractivity contribution >= 4 is 15.7 Å². The van der Waals surface area contributed by atoms with E-state index in [0.29, 0.717) is 5.69 Å². The zero-order valence-electron chi connectivity index (χ0n) is 10.9. The highest BCUT2D eigenvalue weighted by atomic mass is 32.2. The molecule has 0 bridgehead atoms. The number of hydrogen-bond donors (Lipinski definition) is 1. The van der Waals surface area contributed by atoms with Gasteiger partial charge < -0.3 is 0 Å². The van der Waals surface area contributed by atoms with Crippen molar-refractivity contribution in [2.45, 2.75) is 38.9 Å². The van der Waals surface area contributed by atoms with Gasteiger partial charge >= 0.3 is 0 Å². The van der Waals surface area contributed by atoms with Gasteiger partial charge in [0.2, 0.25) is 10.0 Å². The Morgan fingerprint density at radius 1 is 1.39 bits per heavy atom. The molecule has 0 aromatic heterocycles. The first-order valence-corrected chi connectivity index (χ1v) is 7.50. The summed E-state index contributed by atoms with van der Waals surface area (Å²) in [7, 11) is -3.64. The van der Waals surface area contributed by atoms with Crippen molar-refractivity contribution < 1.29 is 8.42 Å². The second-order valence-corrected chi connectivity index (χ2v) is 6.00. The summed E-state index contributed by atoms with van der Waals surface area (Å²) in [4.78, 5) is 0. The van der Waals surface area contributed by atoms with Gasteiger partial charge in [0, 0.05) is 0 Å². The molecule has 0 amide bonds. The number of aryl methyl sites for hydroxylation is 2. The standard InChI is InChI=1S/C13H18N2O2S/c1-4-11-8-6-7-10(3)13(11)15-18(16,17)12(5-2)9-14/h6-8,12,15H,4-5H2,1-3H3. The Hall–Kier alpha value is -1.54. The van der Waals surface area contributed by atoms with E-state index >= 15 is 0 Å². The third-order valence-corrected chi connectivity index (χ3v) is 4.55. The number of benzene rings is 1. The Balaban J connectivity index is 3.16. The molecule has 0 saturated heterocycles. The third-order valence-electron chi connectivity index (χ3n) is 2.87. The van der Waals surface area contributed by atoms with Gasteiger partial charge in [0.1, 0.15) is 0 Å². The summed E-state index contributed by atoms with van der Waals surface area (Å²) in [6.07, 6.45) is 1.02. The molecule has 0 heterocycles. The molecule has 5 heteroatoms. The number of nitrogens with zero attached hydrogens (tertiary/aromatic N) is 1. The molecule has 1 unspecified atom stereocenters. The van der Waals surface area contributed by atoms with Gasteiger partial charge in [-0.1, -0.05) is 32.0 Å². The van der Waals surface area contributed by atoms with E-state index in [1.165, 1.54) is 0 Å². The van der Waals surface area contributed by atoms with Crippen molar-refractivity contribution in [1.82, 2.24) is 0 Å². The highest BCUT2D eigenvalue weighted by Gasteiger charge is 2.24. The summed E-state index contributed by atoms with van der Waals surface area (Å²) < 4.78 is 26.7. The molecule has 18 heavy (non-hydrogen) atoms. The lowest BCUT2D eigenvalue weighted by molar-refractivity contribution is 0.592. The Labute approximate surface area is 109 Å². The van der Waals surface area contributed by atoms with Crippen molar-refractivity contribution in [1.29, 1.82) is 5.26 Å². The van der Waals surface area contributed by atoms with Crippen LogP contribution in [0.3, 0.4) is 0 Å². The van der Waals surface area contributed by atoms with Gasteiger partial charge in [-0.05, 0) is 30.9 Å². The number of hydrogen-bond acceptors (Lipinski definition) is 3. The quantitative estimate of drug-likeness (QED) is 0.890. The molecule has 0 radical (unpaired) electrons. The summed E-state index contributed by atoms with van der Waals surface area (Å²) in [5.74, 6) is 0. The minimum absolute atomic E-state index is 0.277. The van der Waals surface area contributed by atoms with Crippen molar-refractivity contribution in [2.24, 2.45) is 0 Å². The molecule has 0 aliphatic heterocycles. The van der Waals surface area contributed by atoms with Crippen molar-refractivity contribution in [2.75, 3.05) is 4.72 Å². The fraction of sp³-hybridized carbons (Fsp3) is 0.462. The molecule has 1 aromatic rings. The lowest BCUT2D eigenvalue weighted by atomic mass is 10.1. The first kappa shape index (κ1) is 14.5. The Morgan fingerprint density at radius 3 is 2.56 bits per heavy atom. The second kappa shape index (κ2) is 5.87. The highest BCUT2D eigenvalue weighted by molar-refractivity contribution is 7.93. The fourth-order valence-electron chi connectivity index (χ4n) is 1.76. The largest absolute Gasteiger partial charge is 0.282 e. The molecule has 0 aliphatic carbocycles. The SMILES string of the molecule is CCc1cccc(C)c1NS(=O)(=O)C(C#N)CC. The van der Waals surface area contributed by atoms with E-state index in [0.717, 1.165) is 17.5 Å². The molecule has 0 fully saturated rings. The second-order valence-electron chi connectivity index (χ2n) is 4.14. The van der Waals surface area contributed by atoms with Crippen molar-refractivity contribution in [3.05, 3.63) is 29.3 Å². The first-order valence-electron chi connectivity index (χ1n) is 5.96. The van der Waals surface area contributed by atoms with Gasteiger partial charge in [-0.15, -0.1) is 0 Å². The topological polar surface area (TPSA) is 70.0 Å². The van der Waals surface area contributed by atoms with E-state index in [9.17, 15) is 8.42 Å². The maximum Gasteiger partial charge on any atom is 0.249 e. The van der Waals surface area contributed by atoms with Crippen LogP contribution in [0.15, 0.2) is 18.2 Å². The van der Waals surface area contributed by atoms with Crippen molar-refractivity contribution in [3.63, 3.8) is 0 Å². The average molecular weight is 266 g/mol.